The molecule has 0 aliphatic heterocycles. The molecule has 22 heavy (non-hydrogen) atoms. The van der Waals surface area contributed by atoms with Gasteiger partial charge < -0.3 is 5.32 Å². The first kappa shape index (κ1) is 16.7. The maximum Gasteiger partial charge on any atom is 0.271 e. The molecule has 1 amide bonds. The highest BCUT2D eigenvalue weighted by Gasteiger charge is 2.23. The molecule has 0 saturated heterocycles. The molecular weight excluding hydrogens is 298 g/mol. The molecular formula is C16H23N3O2S. The maximum absolute atomic E-state index is 12.7. The predicted molar refractivity (Wildman–Crippen MR) is 89.8 cm³/mol. The fourth-order valence-electron chi connectivity index (χ4n) is 2.01. The van der Waals surface area contributed by atoms with Crippen LogP contribution in [0, 0.1) is 5.41 Å². The molecule has 2 rings (SSSR count). The highest BCUT2D eigenvalue weighted by atomic mass is 32.1. The molecule has 2 aromatic heterocycles. The Morgan fingerprint density at radius 3 is 2.45 bits per heavy atom. The molecule has 1 N–H and O–H groups in total. The maximum atomic E-state index is 12.7. The second-order valence-electron chi connectivity index (χ2n) is 7.71. The van der Waals surface area contributed by atoms with Gasteiger partial charge >= 0.3 is 0 Å². The van der Waals surface area contributed by atoms with E-state index in [1.165, 1.54) is 17.5 Å². The Bertz CT molecular complexity index is 760. The summed E-state index contributed by atoms with van der Waals surface area (Å²) in [6.45, 7) is 12.7. The molecule has 0 spiro atoms. The SMILES string of the molecule is CC(C)(C)CNC(=O)c1cnc2scc(C(C)(C)C)n2c1=O. The third kappa shape index (κ3) is 3.38. The molecule has 120 valence electrons. The Morgan fingerprint density at radius 1 is 1.27 bits per heavy atom. The van der Waals surface area contributed by atoms with Gasteiger partial charge in [-0.15, -0.1) is 11.3 Å². The third-order valence-corrected chi connectivity index (χ3v) is 4.08. The summed E-state index contributed by atoms with van der Waals surface area (Å²) >= 11 is 1.41. The zero-order valence-corrected chi connectivity index (χ0v) is 14.8. The Balaban J connectivity index is 2.47. The fraction of sp³-hybridized carbons (Fsp3) is 0.562. The van der Waals surface area contributed by atoms with Crippen LogP contribution in [0.2, 0.25) is 0 Å². The lowest BCUT2D eigenvalue weighted by molar-refractivity contribution is 0.0937. The zero-order valence-electron chi connectivity index (χ0n) is 14.0. The third-order valence-electron chi connectivity index (χ3n) is 3.24. The minimum absolute atomic E-state index is 0.0394. The minimum Gasteiger partial charge on any atom is -0.351 e. The summed E-state index contributed by atoms with van der Waals surface area (Å²) in [5.41, 5.74) is 0.427. The lowest BCUT2D eigenvalue weighted by atomic mass is 9.93. The van der Waals surface area contributed by atoms with Crippen LogP contribution in [0.1, 0.15) is 57.6 Å². The van der Waals surface area contributed by atoms with Gasteiger partial charge in [0.05, 0.1) is 0 Å². The molecule has 0 fully saturated rings. The number of nitrogens with zero attached hydrogens (tertiary/aromatic N) is 2. The molecule has 0 aromatic carbocycles. The van der Waals surface area contributed by atoms with Gasteiger partial charge in [0.25, 0.3) is 11.5 Å². The van der Waals surface area contributed by atoms with Crippen LogP contribution in [-0.4, -0.2) is 21.8 Å². The number of carbonyl (C=O) groups is 1. The second kappa shape index (κ2) is 5.50. The minimum atomic E-state index is -0.368. The number of carbonyl (C=O) groups excluding carboxylic acids is 1. The Morgan fingerprint density at radius 2 is 1.91 bits per heavy atom. The van der Waals surface area contributed by atoms with Gasteiger partial charge in [-0.25, -0.2) is 4.98 Å². The fourth-order valence-corrected chi connectivity index (χ4v) is 3.08. The van der Waals surface area contributed by atoms with Gasteiger partial charge in [-0.1, -0.05) is 41.5 Å². The first-order valence-electron chi connectivity index (χ1n) is 7.29. The Kier molecular flexibility index (Phi) is 4.17. The van der Waals surface area contributed by atoms with E-state index in [1.54, 1.807) is 4.40 Å². The van der Waals surface area contributed by atoms with Crippen LogP contribution in [0.15, 0.2) is 16.4 Å². The van der Waals surface area contributed by atoms with Crippen molar-refractivity contribution in [3.8, 4) is 0 Å². The number of rotatable bonds is 2. The number of fused-ring (bicyclic) bond motifs is 1. The van der Waals surface area contributed by atoms with Gasteiger partial charge in [-0.2, -0.15) is 0 Å². The van der Waals surface area contributed by atoms with Crippen molar-refractivity contribution in [2.45, 2.75) is 47.0 Å². The molecule has 0 bridgehead atoms. The lowest BCUT2D eigenvalue weighted by Crippen LogP contribution is -2.36. The molecule has 0 aliphatic rings. The van der Waals surface area contributed by atoms with Crippen molar-refractivity contribution in [2.75, 3.05) is 6.54 Å². The molecule has 0 radical (unpaired) electrons. The van der Waals surface area contributed by atoms with E-state index in [-0.39, 0.29) is 27.9 Å². The van der Waals surface area contributed by atoms with Gasteiger partial charge in [-0.3, -0.25) is 14.0 Å². The van der Waals surface area contributed by atoms with Crippen LogP contribution >= 0.6 is 11.3 Å². The summed E-state index contributed by atoms with van der Waals surface area (Å²) in [6, 6.07) is 0. The zero-order chi connectivity index (χ0) is 16.7. The van der Waals surface area contributed by atoms with Crippen molar-refractivity contribution < 1.29 is 4.79 Å². The van der Waals surface area contributed by atoms with Crippen LogP contribution in [0.5, 0.6) is 0 Å². The van der Waals surface area contributed by atoms with Crippen LogP contribution in [0.3, 0.4) is 0 Å². The van der Waals surface area contributed by atoms with Crippen LogP contribution in [0.25, 0.3) is 4.96 Å². The molecule has 0 atom stereocenters. The number of amides is 1. The van der Waals surface area contributed by atoms with E-state index in [2.05, 4.69) is 10.3 Å². The predicted octanol–water partition coefficient (Wildman–Crippen LogP) is 2.83. The Labute approximate surface area is 134 Å². The van der Waals surface area contributed by atoms with Crippen LogP contribution < -0.4 is 10.9 Å². The van der Waals surface area contributed by atoms with E-state index in [0.29, 0.717) is 11.5 Å². The summed E-state index contributed by atoms with van der Waals surface area (Å²) in [4.78, 5) is 29.8. The van der Waals surface area contributed by atoms with E-state index in [4.69, 9.17) is 0 Å². The first-order chi connectivity index (χ1) is 10.0. The smallest absolute Gasteiger partial charge is 0.271 e. The molecule has 2 aromatic rings. The lowest BCUT2D eigenvalue weighted by Gasteiger charge is -2.19. The molecule has 0 saturated carbocycles. The van der Waals surface area contributed by atoms with Crippen molar-refractivity contribution in [2.24, 2.45) is 5.41 Å². The number of nitrogens with one attached hydrogen (secondary N) is 1. The van der Waals surface area contributed by atoms with E-state index in [0.717, 1.165) is 5.69 Å². The molecule has 2 heterocycles. The van der Waals surface area contributed by atoms with E-state index < -0.39 is 0 Å². The Hall–Kier alpha value is -1.69. The van der Waals surface area contributed by atoms with Gasteiger partial charge in [-0.05, 0) is 5.41 Å². The van der Waals surface area contributed by atoms with Crippen molar-refractivity contribution in [1.29, 1.82) is 0 Å². The molecule has 0 aliphatic carbocycles. The first-order valence-corrected chi connectivity index (χ1v) is 8.16. The normalized spacial score (nSPS) is 12.6. The number of aromatic nitrogens is 2. The highest BCUT2D eigenvalue weighted by molar-refractivity contribution is 7.15. The summed E-state index contributed by atoms with van der Waals surface area (Å²) in [5, 5.41) is 4.74. The van der Waals surface area contributed by atoms with Crippen molar-refractivity contribution in [3.63, 3.8) is 0 Å². The molecule has 0 unspecified atom stereocenters. The topological polar surface area (TPSA) is 63.5 Å². The average molecular weight is 321 g/mol. The highest BCUT2D eigenvalue weighted by Crippen LogP contribution is 2.25. The second-order valence-corrected chi connectivity index (χ2v) is 8.55. The quantitative estimate of drug-likeness (QED) is 0.925. The summed E-state index contributed by atoms with van der Waals surface area (Å²) in [5.74, 6) is -0.368. The van der Waals surface area contributed by atoms with Crippen molar-refractivity contribution in [1.82, 2.24) is 14.7 Å². The standard InChI is InChI=1S/C16H23N3O2S/c1-15(2,3)9-18-12(20)10-7-17-14-19(13(10)21)11(8-22-14)16(4,5)6/h7-8H,9H2,1-6H3,(H,18,20). The average Bonchev–Trinajstić information content (AvgIpc) is 2.80. The van der Waals surface area contributed by atoms with E-state index in [9.17, 15) is 9.59 Å². The van der Waals surface area contributed by atoms with E-state index >= 15 is 0 Å². The number of hydrogen-bond acceptors (Lipinski definition) is 4. The molecule has 6 heteroatoms. The van der Waals surface area contributed by atoms with Gasteiger partial charge in [0.15, 0.2) is 4.96 Å². The van der Waals surface area contributed by atoms with E-state index in [1.807, 2.05) is 46.9 Å². The number of thiazole rings is 1. The van der Waals surface area contributed by atoms with Gasteiger partial charge in [0.1, 0.15) is 5.56 Å². The van der Waals surface area contributed by atoms with Crippen LogP contribution in [0.4, 0.5) is 0 Å². The van der Waals surface area contributed by atoms with Crippen molar-refractivity contribution >= 4 is 22.2 Å². The number of hydrogen-bond donors (Lipinski definition) is 1. The van der Waals surface area contributed by atoms with Gasteiger partial charge in [0.2, 0.25) is 0 Å². The van der Waals surface area contributed by atoms with Crippen molar-refractivity contribution in [3.05, 3.63) is 33.2 Å². The largest absolute Gasteiger partial charge is 0.351 e. The monoisotopic (exact) mass is 321 g/mol. The summed E-state index contributed by atoms with van der Waals surface area (Å²) < 4.78 is 1.55. The van der Waals surface area contributed by atoms with Gasteiger partial charge in [0, 0.05) is 29.2 Å². The summed E-state index contributed by atoms with van der Waals surface area (Å²) in [7, 11) is 0. The van der Waals surface area contributed by atoms with Crippen LogP contribution in [-0.2, 0) is 5.41 Å². The summed E-state index contributed by atoms with van der Waals surface area (Å²) in [6.07, 6.45) is 1.37. The molecule has 5 nitrogen and oxygen atoms in total.